The van der Waals surface area contributed by atoms with Crippen LogP contribution in [0, 0.1) is 5.92 Å². The van der Waals surface area contributed by atoms with Crippen molar-refractivity contribution in [2.24, 2.45) is 5.92 Å². The molecule has 114 valence electrons. The second kappa shape index (κ2) is 8.39. The first-order valence-corrected chi connectivity index (χ1v) is 6.98. The molecule has 2 amide bonds. The molecule has 1 rings (SSSR count). The van der Waals surface area contributed by atoms with Gasteiger partial charge in [-0.2, -0.15) is 0 Å². The van der Waals surface area contributed by atoms with E-state index in [1.807, 2.05) is 0 Å². The van der Waals surface area contributed by atoms with Crippen LogP contribution in [0.25, 0.3) is 0 Å². The maximum Gasteiger partial charge on any atom is 0.326 e. The number of urea groups is 1. The predicted molar refractivity (Wildman–Crippen MR) is 71.4 cm³/mol. The van der Waals surface area contributed by atoms with Crippen molar-refractivity contribution in [1.29, 1.82) is 0 Å². The van der Waals surface area contributed by atoms with Crippen molar-refractivity contribution >= 4 is 18.0 Å². The van der Waals surface area contributed by atoms with Gasteiger partial charge in [0.05, 0.1) is 6.42 Å². The number of nitrogens with one attached hydrogen (secondary N) is 2. The Morgan fingerprint density at radius 2 is 1.75 bits per heavy atom. The van der Waals surface area contributed by atoms with Crippen LogP contribution >= 0.6 is 0 Å². The number of aliphatic carboxylic acids is 2. The van der Waals surface area contributed by atoms with E-state index < -0.39 is 30.4 Å². The molecule has 1 atom stereocenters. The van der Waals surface area contributed by atoms with Crippen LogP contribution in [-0.2, 0) is 9.59 Å². The molecule has 1 unspecified atom stereocenters. The highest BCUT2D eigenvalue weighted by molar-refractivity contribution is 5.86. The molecule has 0 aromatic carbocycles. The molecule has 1 saturated carbocycles. The van der Waals surface area contributed by atoms with Crippen LogP contribution in [0.5, 0.6) is 0 Å². The van der Waals surface area contributed by atoms with Crippen molar-refractivity contribution in [3.8, 4) is 0 Å². The zero-order chi connectivity index (χ0) is 15.0. The van der Waals surface area contributed by atoms with Gasteiger partial charge in [-0.1, -0.05) is 32.1 Å². The fourth-order valence-corrected chi connectivity index (χ4v) is 2.45. The summed E-state index contributed by atoms with van der Waals surface area (Å²) in [6, 6.07) is -2.03. The van der Waals surface area contributed by atoms with Crippen molar-refractivity contribution < 1.29 is 24.6 Å². The lowest BCUT2D eigenvalue weighted by Gasteiger charge is -2.21. The highest BCUT2D eigenvalue weighted by atomic mass is 16.4. The predicted octanol–water partition coefficient (Wildman–Crippen LogP) is 1.18. The molecule has 0 radical (unpaired) electrons. The summed E-state index contributed by atoms with van der Waals surface area (Å²) < 4.78 is 0. The molecule has 0 aromatic heterocycles. The van der Waals surface area contributed by atoms with Crippen LogP contribution in [0.2, 0.25) is 0 Å². The zero-order valence-electron chi connectivity index (χ0n) is 11.4. The number of carbonyl (C=O) groups is 3. The average Bonchev–Trinajstić information content (AvgIpc) is 2.38. The normalized spacial score (nSPS) is 17.2. The molecule has 0 saturated heterocycles. The lowest BCUT2D eigenvalue weighted by Crippen LogP contribution is -2.47. The number of hydrogen-bond donors (Lipinski definition) is 4. The van der Waals surface area contributed by atoms with Gasteiger partial charge in [0.1, 0.15) is 6.04 Å². The summed E-state index contributed by atoms with van der Waals surface area (Å²) in [5.74, 6) is -1.99. The van der Waals surface area contributed by atoms with E-state index in [1.165, 1.54) is 32.1 Å². The highest BCUT2D eigenvalue weighted by Gasteiger charge is 2.23. The second-order valence-electron chi connectivity index (χ2n) is 5.18. The van der Waals surface area contributed by atoms with Gasteiger partial charge >= 0.3 is 18.0 Å². The van der Waals surface area contributed by atoms with Crippen molar-refractivity contribution in [3.05, 3.63) is 0 Å². The molecular formula is C13H22N2O5. The van der Waals surface area contributed by atoms with Gasteiger partial charge in [0.2, 0.25) is 0 Å². The van der Waals surface area contributed by atoms with E-state index in [-0.39, 0.29) is 0 Å². The largest absolute Gasteiger partial charge is 0.481 e. The van der Waals surface area contributed by atoms with E-state index in [2.05, 4.69) is 10.6 Å². The summed E-state index contributed by atoms with van der Waals surface area (Å²) in [5.41, 5.74) is 0. The number of amides is 2. The number of hydrogen-bond acceptors (Lipinski definition) is 3. The van der Waals surface area contributed by atoms with Crippen LogP contribution < -0.4 is 10.6 Å². The van der Waals surface area contributed by atoms with E-state index in [4.69, 9.17) is 10.2 Å². The summed E-state index contributed by atoms with van der Waals surface area (Å²) in [7, 11) is 0. The van der Waals surface area contributed by atoms with Crippen LogP contribution in [-0.4, -0.2) is 40.8 Å². The molecule has 20 heavy (non-hydrogen) atoms. The Kier molecular flexibility index (Phi) is 6.83. The topological polar surface area (TPSA) is 116 Å². The van der Waals surface area contributed by atoms with E-state index in [0.29, 0.717) is 12.5 Å². The van der Waals surface area contributed by atoms with E-state index in [0.717, 1.165) is 6.42 Å². The molecule has 0 bridgehead atoms. The van der Waals surface area contributed by atoms with Crippen molar-refractivity contribution in [2.75, 3.05) is 6.54 Å². The van der Waals surface area contributed by atoms with E-state index >= 15 is 0 Å². The van der Waals surface area contributed by atoms with Crippen molar-refractivity contribution in [3.63, 3.8) is 0 Å². The molecule has 7 heteroatoms. The fraction of sp³-hybridized carbons (Fsp3) is 0.769. The van der Waals surface area contributed by atoms with Gasteiger partial charge in [-0.3, -0.25) is 4.79 Å². The lowest BCUT2D eigenvalue weighted by atomic mass is 9.87. The van der Waals surface area contributed by atoms with E-state index in [1.54, 1.807) is 0 Å². The SMILES string of the molecule is O=C(O)CC(NC(=O)NCCC1CCCCC1)C(=O)O. The monoisotopic (exact) mass is 286 g/mol. The highest BCUT2D eigenvalue weighted by Crippen LogP contribution is 2.25. The minimum atomic E-state index is -1.40. The quantitative estimate of drug-likeness (QED) is 0.561. The van der Waals surface area contributed by atoms with Gasteiger partial charge in [0, 0.05) is 6.54 Å². The molecule has 0 aromatic rings. The van der Waals surface area contributed by atoms with Gasteiger partial charge < -0.3 is 20.8 Å². The third kappa shape index (κ3) is 6.40. The van der Waals surface area contributed by atoms with Crippen LogP contribution in [0.15, 0.2) is 0 Å². The minimum Gasteiger partial charge on any atom is -0.481 e. The first-order chi connectivity index (χ1) is 9.49. The second-order valence-corrected chi connectivity index (χ2v) is 5.18. The smallest absolute Gasteiger partial charge is 0.326 e. The Morgan fingerprint density at radius 1 is 1.10 bits per heavy atom. The minimum absolute atomic E-state index is 0.482. The van der Waals surface area contributed by atoms with Crippen LogP contribution in [0.1, 0.15) is 44.9 Å². The van der Waals surface area contributed by atoms with E-state index in [9.17, 15) is 14.4 Å². The molecule has 0 aliphatic heterocycles. The Bertz CT molecular complexity index is 353. The van der Waals surface area contributed by atoms with Gasteiger partial charge in [-0.25, -0.2) is 9.59 Å². The van der Waals surface area contributed by atoms with Gasteiger partial charge in [0.15, 0.2) is 0 Å². The maximum absolute atomic E-state index is 11.5. The standard InChI is InChI=1S/C13H22N2O5/c16-11(17)8-10(12(18)19)15-13(20)14-7-6-9-4-2-1-3-5-9/h9-10H,1-8H2,(H,16,17)(H,18,19)(H2,14,15,20). The molecule has 1 aliphatic carbocycles. The maximum atomic E-state index is 11.5. The number of carboxylic acid groups (broad SMARTS) is 2. The number of rotatable bonds is 7. The van der Waals surface area contributed by atoms with Crippen LogP contribution in [0.4, 0.5) is 4.79 Å². The van der Waals surface area contributed by atoms with Crippen molar-refractivity contribution in [1.82, 2.24) is 10.6 Å². The Hall–Kier alpha value is -1.79. The lowest BCUT2D eigenvalue weighted by molar-refractivity contribution is -0.145. The Labute approximate surface area is 117 Å². The molecule has 0 spiro atoms. The molecular weight excluding hydrogens is 264 g/mol. The summed E-state index contributed by atoms with van der Waals surface area (Å²) in [4.78, 5) is 32.8. The summed E-state index contributed by atoms with van der Waals surface area (Å²) in [6.07, 6.45) is 6.35. The van der Waals surface area contributed by atoms with Gasteiger partial charge in [-0.15, -0.1) is 0 Å². The number of carboxylic acids is 2. The molecule has 1 aliphatic rings. The Balaban J connectivity index is 2.23. The fourth-order valence-electron chi connectivity index (χ4n) is 2.45. The first-order valence-electron chi connectivity index (χ1n) is 6.98. The molecule has 7 nitrogen and oxygen atoms in total. The van der Waals surface area contributed by atoms with Gasteiger partial charge in [0.25, 0.3) is 0 Å². The Morgan fingerprint density at radius 3 is 2.30 bits per heavy atom. The third-order valence-electron chi connectivity index (χ3n) is 3.55. The molecule has 1 fully saturated rings. The average molecular weight is 286 g/mol. The van der Waals surface area contributed by atoms with Crippen molar-refractivity contribution in [2.45, 2.75) is 51.0 Å². The zero-order valence-corrected chi connectivity index (χ0v) is 11.4. The third-order valence-corrected chi connectivity index (χ3v) is 3.55. The summed E-state index contributed by atoms with van der Waals surface area (Å²) in [6.45, 7) is 0.482. The number of carbonyl (C=O) groups excluding carboxylic acids is 1. The summed E-state index contributed by atoms with van der Waals surface area (Å²) in [5, 5.41) is 22.1. The van der Waals surface area contributed by atoms with Crippen LogP contribution in [0.3, 0.4) is 0 Å². The van der Waals surface area contributed by atoms with Gasteiger partial charge in [-0.05, 0) is 12.3 Å². The summed E-state index contributed by atoms with van der Waals surface area (Å²) >= 11 is 0. The first kappa shape index (κ1) is 16.3. The molecule has 0 heterocycles. The molecule has 4 N–H and O–H groups in total.